The predicted octanol–water partition coefficient (Wildman–Crippen LogP) is 8.41. The first-order chi connectivity index (χ1) is 19.6. The van der Waals surface area contributed by atoms with E-state index in [-0.39, 0.29) is 5.57 Å². The lowest BCUT2D eigenvalue weighted by molar-refractivity contribution is -0.112. The molecule has 0 saturated heterocycles. The molecule has 196 valence electrons. The zero-order chi connectivity index (χ0) is 27.9. The van der Waals surface area contributed by atoms with E-state index < -0.39 is 5.91 Å². The van der Waals surface area contributed by atoms with E-state index in [1.54, 1.807) is 30.3 Å². The second kappa shape index (κ2) is 12.2. The normalized spacial score (nSPS) is 11.1. The Morgan fingerprint density at radius 3 is 2.12 bits per heavy atom. The highest BCUT2D eigenvalue weighted by atomic mass is 35.5. The largest absolute Gasteiger partial charge is 0.494 e. The smallest absolute Gasteiger partial charge is 0.266 e. The summed E-state index contributed by atoms with van der Waals surface area (Å²) in [7, 11) is 0. The highest BCUT2D eigenvalue weighted by Crippen LogP contribution is 2.37. The molecule has 1 N–H and O–H groups in total. The van der Waals surface area contributed by atoms with Gasteiger partial charge >= 0.3 is 0 Å². The minimum atomic E-state index is -0.494. The Morgan fingerprint density at radius 1 is 0.900 bits per heavy atom. The van der Waals surface area contributed by atoms with Gasteiger partial charge in [0.2, 0.25) is 0 Å². The molecular weight excluding hydrogens is 518 g/mol. The van der Waals surface area contributed by atoms with Gasteiger partial charge in [-0.1, -0.05) is 72.3 Å². The van der Waals surface area contributed by atoms with Gasteiger partial charge in [0.15, 0.2) is 0 Å². The fraction of sp³-hybridized carbons (Fsp3) is 0.0588. The summed E-state index contributed by atoms with van der Waals surface area (Å²) in [5.74, 6) is 0.215. The molecular formula is C34H26ClN3O2. The predicted molar refractivity (Wildman–Crippen MR) is 161 cm³/mol. The third kappa shape index (κ3) is 5.83. The van der Waals surface area contributed by atoms with Crippen molar-refractivity contribution in [1.29, 1.82) is 5.26 Å². The number of hydrogen-bond donors (Lipinski definition) is 1. The van der Waals surface area contributed by atoms with Crippen molar-refractivity contribution in [3.63, 3.8) is 0 Å². The average Bonchev–Trinajstić information content (AvgIpc) is 3.37. The first-order valence-corrected chi connectivity index (χ1v) is 13.2. The molecule has 0 atom stereocenters. The van der Waals surface area contributed by atoms with Crippen LogP contribution in [0.4, 0.5) is 5.69 Å². The summed E-state index contributed by atoms with van der Waals surface area (Å²) in [6.07, 6.45) is 1.64. The van der Waals surface area contributed by atoms with Crippen LogP contribution in [0.1, 0.15) is 12.5 Å². The highest BCUT2D eigenvalue weighted by molar-refractivity contribution is 6.30. The lowest BCUT2D eigenvalue weighted by Crippen LogP contribution is -2.13. The zero-order valence-corrected chi connectivity index (χ0v) is 22.6. The van der Waals surface area contributed by atoms with Crippen LogP contribution in [0.25, 0.3) is 34.3 Å². The summed E-state index contributed by atoms with van der Waals surface area (Å²) in [6, 6.07) is 38.7. The summed E-state index contributed by atoms with van der Waals surface area (Å²) >= 11 is 6.22. The second-order valence-corrected chi connectivity index (χ2v) is 9.40. The van der Waals surface area contributed by atoms with Crippen molar-refractivity contribution in [3.8, 4) is 40.0 Å². The number of rotatable bonds is 8. The highest BCUT2D eigenvalue weighted by Gasteiger charge is 2.20. The number of carbonyl (C=O) groups is 1. The van der Waals surface area contributed by atoms with E-state index in [1.807, 2.05) is 97.9 Å². The van der Waals surface area contributed by atoms with Gasteiger partial charge < -0.3 is 14.6 Å². The van der Waals surface area contributed by atoms with Crippen LogP contribution >= 0.6 is 11.6 Å². The lowest BCUT2D eigenvalue weighted by atomic mass is 10.0. The Hall–Kier alpha value is -5.05. The minimum Gasteiger partial charge on any atom is -0.494 e. The van der Waals surface area contributed by atoms with E-state index in [0.29, 0.717) is 23.1 Å². The molecule has 0 unspecified atom stereocenters. The maximum atomic E-state index is 13.2. The Bertz CT molecular complexity index is 1680. The molecule has 0 bridgehead atoms. The monoisotopic (exact) mass is 543 g/mol. The summed E-state index contributed by atoms with van der Waals surface area (Å²) in [5, 5.41) is 13.5. The van der Waals surface area contributed by atoms with Gasteiger partial charge in [-0.3, -0.25) is 4.79 Å². The van der Waals surface area contributed by atoms with Crippen LogP contribution in [0.3, 0.4) is 0 Å². The van der Waals surface area contributed by atoms with Crippen LogP contribution in [-0.4, -0.2) is 17.1 Å². The van der Waals surface area contributed by atoms with Crippen LogP contribution in [0.15, 0.2) is 121 Å². The number of halogens is 1. The third-order valence-corrected chi connectivity index (χ3v) is 6.57. The van der Waals surface area contributed by atoms with Gasteiger partial charge in [0, 0.05) is 22.0 Å². The first kappa shape index (κ1) is 26.6. The Labute approximate surface area is 238 Å². The fourth-order valence-corrected chi connectivity index (χ4v) is 4.64. The molecule has 0 aliphatic carbocycles. The molecule has 0 fully saturated rings. The van der Waals surface area contributed by atoms with E-state index in [9.17, 15) is 10.1 Å². The number of nitrogens with one attached hydrogen (secondary N) is 1. The number of amides is 1. The molecule has 5 aromatic rings. The van der Waals surface area contributed by atoms with E-state index in [1.165, 1.54) is 0 Å². The summed E-state index contributed by atoms with van der Waals surface area (Å²) in [4.78, 5) is 13.2. The Kier molecular flexibility index (Phi) is 8.10. The van der Waals surface area contributed by atoms with Crippen molar-refractivity contribution >= 4 is 29.3 Å². The lowest BCUT2D eigenvalue weighted by Gasteiger charge is -2.15. The molecule has 5 nitrogen and oxygen atoms in total. The van der Waals surface area contributed by atoms with Crippen molar-refractivity contribution in [2.75, 3.05) is 11.9 Å². The van der Waals surface area contributed by atoms with E-state index in [0.717, 1.165) is 33.8 Å². The maximum absolute atomic E-state index is 13.2. The summed E-state index contributed by atoms with van der Waals surface area (Å²) in [5.41, 5.74) is 5.89. The van der Waals surface area contributed by atoms with Crippen LogP contribution < -0.4 is 10.1 Å². The fourth-order valence-electron chi connectivity index (χ4n) is 4.51. The van der Waals surface area contributed by atoms with Gasteiger partial charge in [-0.05, 0) is 78.7 Å². The summed E-state index contributed by atoms with van der Waals surface area (Å²) < 4.78 is 7.61. The summed E-state index contributed by atoms with van der Waals surface area (Å²) in [6.45, 7) is 2.46. The molecule has 0 radical (unpaired) electrons. The SMILES string of the molecule is CCOc1ccc(NC(=O)/C(C#N)=C/c2cc(-c3ccccc3)n(-c3ccc(Cl)cc3)c2-c2ccccc2)cc1. The van der Waals surface area contributed by atoms with Crippen molar-refractivity contribution in [2.24, 2.45) is 0 Å². The van der Waals surface area contributed by atoms with Crippen molar-refractivity contribution in [1.82, 2.24) is 4.57 Å². The van der Waals surface area contributed by atoms with E-state index >= 15 is 0 Å². The minimum absolute atomic E-state index is 0.0149. The number of nitrogens with zero attached hydrogens (tertiary/aromatic N) is 2. The number of carbonyl (C=O) groups excluding carboxylic acids is 1. The Morgan fingerprint density at radius 2 is 1.52 bits per heavy atom. The van der Waals surface area contributed by atoms with Crippen LogP contribution in [0, 0.1) is 11.3 Å². The van der Waals surface area contributed by atoms with Gasteiger partial charge in [0.25, 0.3) is 5.91 Å². The number of nitriles is 1. The molecule has 0 spiro atoms. The van der Waals surface area contributed by atoms with Gasteiger partial charge in [-0.2, -0.15) is 5.26 Å². The number of ether oxygens (including phenoxy) is 1. The molecule has 40 heavy (non-hydrogen) atoms. The van der Waals surface area contributed by atoms with Crippen LogP contribution in [0.2, 0.25) is 5.02 Å². The third-order valence-electron chi connectivity index (χ3n) is 6.32. The number of hydrogen-bond acceptors (Lipinski definition) is 3. The van der Waals surface area contributed by atoms with Gasteiger partial charge in [0.1, 0.15) is 17.4 Å². The molecule has 4 aromatic carbocycles. The van der Waals surface area contributed by atoms with E-state index in [4.69, 9.17) is 16.3 Å². The van der Waals surface area contributed by atoms with Crippen LogP contribution in [0.5, 0.6) is 5.75 Å². The second-order valence-electron chi connectivity index (χ2n) is 8.96. The van der Waals surface area contributed by atoms with Gasteiger partial charge in [0.05, 0.1) is 18.0 Å². The van der Waals surface area contributed by atoms with Crippen molar-refractivity contribution < 1.29 is 9.53 Å². The molecule has 1 heterocycles. The Balaban J connectivity index is 1.65. The maximum Gasteiger partial charge on any atom is 0.266 e. The molecule has 1 amide bonds. The molecule has 0 aliphatic rings. The van der Waals surface area contributed by atoms with Crippen molar-refractivity contribution in [3.05, 3.63) is 131 Å². The average molecular weight is 544 g/mol. The van der Waals surface area contributed by atoms with Crippen molar-refractivity contribution in [2.45, 2.75) is 6.92 Å². The zero-order valence-electron chi connectivity index (χ0n) is 21.8. The topological polar surface area (TPSA) is 67.0 Å². The quantitative estimate of drug-likeness (QED) is 0.158. The molecule has 6 heteroatoms. The number of aromatic nitrogens is 1. The van der Waals surface area contributed by atoms with Gasteiger partial charge in [-0.25, -0.2) is 0 Å². The van der Waals surface area contributed by atoms with Crippen LogP contribution in [-0.2, 0) is 4.79 Å². The standard InChI is InChI=1S/C34H26ClN3O2/c1-2-40-31-19-15-29(16-20-31)37-34(39)27(23-36)21-26-22-32(24-9-5-3-6-10-24)38(30-17-13-28(35)14-18-30)33(26)25-11-7-4-8-12-25/h3-22H,2H2,1H3,(H,37,39)/b27-21+. The first-order valence-electron chi connectivity index (χ1n) is 12.9. The van der Waals surface area contributed by atoms with Gasteiger partial charge in [-0.15, -0.1) is 0 Å². The molecule has 0 aliphatic heterocycles. The molecule has 5 rings (SSSR count). The number of benzene rings is 4. The number of anilines is 1. The molecule has 1 aromatic heterocycles. The van der Waals surface area contributed by atoms with E-state index in [2.05, 4.69) is 16.0 Å². The molecule has 0 saturated carbocycles.